The van der Waals surface area contributed by atoms with Gasteiger partial charge in [0.1, 0.15) is 0 Å². The number of rotatable bonds is 4. The second-order valence-corrected chi connectivity index (χ2v) is 11.6. The van der Waals surface area contributed by atoms with Crippen LogP contribution in [0.2, 0.25) is 0 Å². The van der Waals surface area contributed by atoms with Crippen LogP contribution in [0.3, 0.4) is 0 Å². The number of benzene rings is 1. The third-order valence-electron chi connectivity index (χ3n) is 10.5. The molecule has 1 spiro atoms. The van der Waals surface area contributed by atoms with Gasteiger partial charge in [0, 0.05) is 23.5 Å². The van der Waals surface area contributed by atoms with E-state index in [9.17, 15) is 14.7 Å². The molecule has 180 valence electrons. The van der Waals surface area contributed by atoms with Gasteiger partial charge in [0.25, 0.3) is 5.56 Å². The van der Waals surface area contributed by atoms with E-state index >= 15 is 0 Å². The molecular weight excluding hydrogens is 428 g/mol. The highest BCUT2D eigenvalue weighted by Crippen LogP contribution is 2.75. The fraction of sp³-hybridized carbons (Fsp3) is 0.667. The Balaban J connectivity index is 1.32. The molecule has 7 heteroatoms. The first-order valence-electron chi connectivity index (χ1n) is 13.2. The number of fused-ring (bicyclic) bond motifs is 3. The van der Waals surface area contributed by atoms with Crippen LogP contribution in [-0.4, -0.2) is 50.3 Å². The van der Waals surface area contributed by atoms with E-state index in [-0.39, 0.29) is 22.8 Å². The summed E-state index contributed by atoms with van der Waals surface area (Å²) < 4.78 is 1.81. The largest absolute Gasteiger partial charge is 0.476 e. The molecule has 3 unspecified atom stereocenters. The maximum Gasteiger partial charge on any atom is 0.360 e. The van der Waals surface area contributed by atoms with Crippen LogP contribution in [-0.2, 0) is 0 Å². The summed E-state index contributed by atoms with van der Waals surface area (Å²) >= 11 is 0. The highest BCUT2D eigenvalue weighted by molar-refractivity contribution is 5.88. The number of hydrogen-bond acceptors (Lipinski definition) is 5. The first kappa shape index (κ1) is 21.1. The summed E-state index contributed by atoms with van der Waals surface area (Å²) in [5.41, 5.74) is 0.429. The monoisotopic (exact) mass is 462 g/mol. The van der Waals surface area contributed by atoms with E-state index in [1.807, 2.05) is 28.8 Å². The SMILES string of the molecule is CN[C@@]12CCCC13[C@@H](C[C@H]3n1c(=O)c(C(=O)O)nc3ccccc31)N2C1CC2CCCC(C2)C1. The summed E-state index contributed by atoms with van der Waals surface area (Å²) in [6.45, 7) is 0. The maximum absolute atomic E-state index is 13.5. The summed E-state index contributed by atoms with van der Waals surface area (Å²) in [7, 11) is 2.10. The van der Waals surface area contributed by atoms with Gasteiger partial charge in [0.2, 0.25) is 5.69 Å². The van der Waals surface area contributed by atoms with Crippen LogP contribution in [0.15, 0.2) is 29.1 Å². The number of aromatic nitrogens is 2. The van der Waals surface area contributed by atoms with Crippen LogP contribution in [0.5, 0.6) is 0 Å². The van der Waals surface area contributed by atoms with Crippen molar-refractivity contribution in [2.24, 2.45) is 17.3 Å². The fourth-order valence-corrected chi connectivity index (χ4v) is 9.50. The quantitative estimate of drug-likeness (QED) is 0.719. The Kier molecular flexibility index (Phi) is 4.42. The van der Waals surface area contributed by atoms with E-state index < -0.39 is 11.5 Å². The molecule has 1 aromatic heterocycles. The molecule has 7 rings (SSSR count). The number of hydrogen-bond donors (Lipinski definition) is 2. The number of piperidine rings is 1. The number of aromatic carboxylic acids is 1. The van der Waals surface area contributed by atoms with E-state index in [1.54, 1.807) is 0 Å². The van der Waals surface area contributed by atoms with Gasteiger partial charge in [-0.1, -0.05) is 31.4 Å². The number of nitrogens with zero attached hydrogens (tertiary/aromatic N) is 3. The van der Waals surface area contributed by atoms with Crippen LogP contribution in [0.1, 0.15) is 80.7 Å². The predicted octanol–water partition coefficient (Wildman–Crippen LogP) is 3.78. The van der Waals surface area contributed by atoms with E-state index in [0.717, 1.165) is 43.0 Å². The summed E-state index contributed by atoms with van der Waals surface area (Å²) in [4.78, 5) is 32.5. The van der Waals surface area contributed by atoms with Crippen LogP contribution in [0, 0.1) is 17.3 Å². The average Bonchev–Trinajstić information content (AvgIpc) is 3.20. The van der Waals surface area contributed by atoms with Gasteiger partial charge >= 0.3 is 5.97 Å². The maximum atomic E-state index is 13.5. The number of carboxylic acid groups (broad SMARTS) is 1. The number of likely N-dealkylation sites (tertiary alicyclic amines) is 1. The molecule has 0 radical (unpaired) electrons. The summed E-state index contributed by atoms with van der Waals surface area (Å²) in [5.74, 6) is 0.514. The number of carboxylic acids is 1. The van der Waals surface area contributed by atoms with Crippen LogP contribution in [0.25, 0.3) is 11.0 Å². The van der Waals surface area contributed by atoms with Gasteiger partial charge in [0.05, 0.1) is 16.7 Å². The molecule has 2 bridgehead atoms. The Labute approximate surface area is 199 Å². The summed E-state index contributed by atoms with van der Waals surface area (Å²) in [5, 5.41) is 13.5. The minimum Gasteiger partial charge on any atom is -0.476 e. The van der Waals surface area contributed by atoms with E-state index in [4.69, 9.17) is 0 Å². The Morgan fingerprint density at radius 3 is 2.56 bits per heavy atom. The fourth-order valence-electron chi connectivity index (χ4n) is 9.50. The lowest BCUT2D eigenvalue weighted by Crippen LogP contribution is -2.90. The van der Waals surface area contributed by atoms with Crippen molar-refractivity contribution in [3.05, 3.63) is 40.3 Å². The molecule has 5 aliphatic rings. The van der Waals surface area contributed by atoms with Crippen molar-refractivity contribution in [1.82, 2.24) is 19.8 Å². The molecule has 4 aliphatic carbocycles. The summed E-state index contributed by atoms with van der Waals surface area (Å²) in [6, 6.07) is 8.63. The molecule has 4 saturated carbocycles. The molecule has 2 aromatic rings. The van der Waals surface area contributed by atoms with Crippen LogP contribution >= 0.6 is 0 Å². The number of nitrogens with one attached hydrogen (secondary N) is 1. The Morgan fingerprint density at radius 1 is 1.06 bits per heavy atom. The second kappa shape index (κ2) is 7.14. The minimum absolute atomic E-state index is 0.00490. The van der Waals surface area contributed by atoms with Gasteiger partial charge < -0.3 is 15.0 Å². The smallest absolute Gasteiger partial charge is 0.360 e. The molecule has 6 atom stereocenters. The van der Waals surface area contributed by atoms with Crippen LogP contribution < -0.4 is 10.9 Å². The Morgan fingerprint density at radius 2 is 1.82 bits per heavy atom. The lowest BCUT2D eigenvalue weighted by atomic mass is 9.45. The molecule has 1 aromatic carbocycles. The molecule has 5 fully saturated rings. The minimum atomic E-state index is -1.24. The second-order valence-electron chi connectivity index (χ2n) is 11.6. The first-order valence-corrected chi connectivity index (χ1v) is 13.2. The molecule has 34 heavy (non-hydrogen) atoms. The normalized spacial score (nSPS) is 40.8. The van der Waals surface area contributed by atoms with E-state index in [0.29, 0.717) is 17.6 Å². The third-order valence-corrected chi connectivity index (χ3v) is 10.5. The average molecular weight is 463 g/mol. The molecule has 7 nitrogen and oxygen atoms in total. The number of para-hydroxylation sites is 2. The lowest BCUT2D eigenvalue weighted by molar-refractivity contribution is -0.312. The lowest BCUT2D eigenvalue weighted by Gasteiger charge is -2.80. The van der Waals surface area contributed by atoms with Crippen molar-refractivity contribution < 1.29 is 9.90 Å². The highest BCUT2D eigenvalue weighted by Gasteiger charge is 2.81. The van der Waals surface area contributed by atoms with Crippen molar-refractivity contribution in [3.8, 4) is 0 Å². The molecule has 2 heterocycles. The highest BCUT2D eigenvalue weighted by atomic mass is 16.4. The first-order chi connectivity index (χ1) is 16.5. The molecule has 2 N–H and O–H groups in total. The van der Waals surface area contributed by atoms with Gasteiger partial charge in [-0.05, 0) is 76.0 Å². The molecular formula is C27H34N4O3. The molecule has 1 saturated heterocycles. The Hall–Kier alpha value is -2.25. The van der Waals surface area contributed by atoms with Gasteiger partial charge in [-0.15, -0.1) is 0 Å². The van der Waals surface area contributed by atoms with Gasteiger partial charge in [-0.3, -0.25) is 9.69 Å². The molecule has 1 aliphatic heterocycles. The zero-order chi connectivity index (χ0) is 23.2. The third kappa shape index (κ3) is 2.42. The van der Waals surface area contributed by atoms with Gasteiger partial charge in [0.15, 0.2) is 0 Å². The zero-order valence-corrected chi connectivity index (χ0v) is 19.9. The van der Waals surface area contributed by atoms with Gasteiger partial charge in [-0.25, -0.2) is 9.78 Å². The van der Waals surface area contributed by atoms with Crippen molar-refractivity contribution in [2.75, 3.05) is 7.05 Å². The zero-order valence-electron chi connectivity index (χ0n) is 19.9. The van der Waals surface area contributed by atoms with Crippen molar-refractivity contribution in [1.29, 1.82) is 0 Å². The predicted molar refractivity (Wildman–Crippen MR) is 129 cm³/mol. The van der Waals surface area contributed by atoms with Crippen molar-refractivity contribution in [2.45, 2.75) is 88.0 Å². The van der Waals surface area contributed by atoms with E-state index in [2.05, 4.69) is 22.2 Å². The van der Waals surface area contributed by atoms with E-state index in [1.165, 1.54) is 38.5 Å². The summed E-state index contributed by atoms with van der Waals surface area (Å²) in [6.07, 6.45) is 12.5. The van der Waals surface area contributed by atoms with Crippen LogP contribution in [0.4, 0.5) is 0 Å². The topological polar surface area (TPSA) is 87.5 Å². The Bertz CT molecular complexity index is 1230. The van der Waals surface area contributed by atoms with Crippen molar-refractivity contribution >= 4 is 17.0 Å². The van der Waals surface area contributed by atoms with Gasteiger partial charge in [-0.2, -0.15) is 0 Å². The number of carbonyl (C=O) groups is 1. The van der Waals surface area contributed by atoms with Crippen molar-refractivity contribution in [3.63, 3.8) is 0 Å². The molecule has 0 amide bonds. The standard InChI is InChI=1S/C27H34N4O3/c1-28-27-11-5-10-26(27)21(15-22(26)31(27)18-13-16-6-4-7-17(12-16)14-18)30-20-9-3-2-8-19(20)29-23(24(30)32)25(33)34/h2-3,8-9,16-18,21-22,28H,4-7,10-15H2,1H3,(H,33,34)/t16?,17?,18?,21-,22-,26?,27-/m1/s1.